The fraction of sp³-hybridized carbons (Fsp3) is 0.337. The lowest BCUT2D eigenvalue weighted by molar-refractivity contribution is -0.120. The van der Waals surface area contributed by atoms with Crippen molar-refractivity contribution >= 4 is 49.1 Å². The van der Waals surface area contributed by atoms with Gasteiger partial charge < -0.3 is 28.3 Å². The Balaban J connectivity index is 0.000000162. The average Bonchev–Trinajstić information content (AvgIpc) is 0.793. The van der Waals surface area contributed by atoms with Gasteiger partial charge in [-0.25, -0.2) is 98.9 Å². The Bertz CT molecular complexity index is 6800. The zero-order valence-electron chi connectivity index (χ0n) is 79.5. The molecule has 12 aromatic rings. The van der Waals surface area contributed by atoms with E-state index < -0.39 is 182 Å². The fourth-order valence-corrected chi connectivity index (χ4v) is 21.8. The molecule has 4 aliphatic rings. The van der Waals surface area contributed by atoms with E-state index >= 15 is 0 Å². The molecule has 0 bridgehead atoms. The van der Waals surface area contributed by atoms with Crippen molar-refractivity contribution in [1.82, 2.24) is 54.6 Å². The number of azide groups is 1. The number of carbonyl (C=O) groups excluding carboxylic acids is 5. The molecule has 11 N–H and O–H groups in total. The summed E-state index contributed by atoms with van der Waals surface area (Å²) in [4.78, 5) is 99.4. The standard InChI is InChI=1S/C27H27F3N4O2.2C26H27F3N4O3S.C25H23F3N6O/c1-14-10-16(11-22(31)26(14)33-15(2)35)18-8-9-32-13-17(18)12-24(36)23-7-6-21(30)27(34-23)25-19(28)4-3-5-20(25)29;2*1-14-10-15(11-21(30)25(14)33-37(2,35)36)17-8-9-31-13-16(17)12-23(34)22-7-6-20(29)26(32-22)24-18(27)4-3-5-19(24)28;1-13-9-14(10-20(29)24(13)33-34-30)16-7-8-31-12-15(16)11-22(35)21-6-5-19(28)25(32-21)23-17(26)3-2-4-18(23)27/h3-9,13-14,16,22,26H,10-12,31H2,1-2H3,(H,33,35);2*3-9,13-15,21,25,33H,10-12,30H2,1-2H3;2-8,12-14,20,24H,9-11,29H2,1H3/t14-,16+,22+,26-;2*14-,15+,21+,25-;13-,14+,20+,24-/m0101/s1. The van der Waals surface area contributed by atoms with Gasteiger partial charge in [-0.1, -0.05) is 57.1 Å². The number of nitrogens with zero attached hydrogens (tertiary/aromatic N) is 11. The molecule has 4 aromatic carbocycles. The number of hydrogen-bond acceptors (Lipinski definition) is 22. The summed E-state index contributed by atoms with van der Waals surface area (Å²) in [7, 11) is -6.85. The van der Waals surface area contributed by atoms with Crippen LogP contribution in [0.1, 0.15) is 196 Å². The van der Waals surface area contributed by atoms with E-state index in [1.54, 1.807) is 61.7 Å². The summed E-state index contributed by atoms with van der Waals surface area (Å²) in [6, 6.07) is 25.8. The number of nitrogens with two attached hydrogens (primary N) is 4. The summed E-state index contributed by atoms with van der Waals surface area (Å²) in [6.07, 6.45) is 19.5. The van der Waals surface area contributed by atoms with Crippen LogP contribution in [0.15, 0.2) is 200 Å². The molecule has 27 nitrogen and oxygen atoms in total. The topological polar surface area (TPSA) is 446 Å². The molecule has 8 heterocycles. The lowest BCUT2D eigenvalue weighted by Gasteiger charge is -2.39. The third kappa shape index (κ3) is 26.8. The Labute approximate surface area is 828 Å². The first-order valence-corrected chi connectivity index (χ1v) is 50.2. The maximum Gasteiger partial charge on any atom is 0.217 e. The number of amides is 1. The van der Waals surface area contributed by atoms with E-state index in [9.17, 15) is 93.5 Å². The highest BCUT2D eigenvalue weighted by molar-refractivity contribution is 7.89. The number of sulfonamides is 2. The zero-order valence-corrected chi connectivity index (χ0v) is 81.1. The van der Waals surface area contributed by atoms with Crippen LogP contribution in [0.25, 0.3) is 55.5 Å². The quantitative estimate of drug-likeness (QED) is 0.00870. The summed E-state index contributed by atoms with van der Waals surface area (Å²) in [6.45, 7) is 9.32. The highest BCUT2D eigenvalue weighted by Crippen LogP contribution is 2.44. The average molecular weight is 2040 g/mol. The molecular weight excluding hydrogens is 1940 g/mol. The monoisotopic (exact) mass is 2040 g/mol. The molecule has 4 saturated carbocycles. The number of benzene rings is 4. The van der Waals surface area contributed by atoms with E-state index in [0.29, 0.717) is 67.2 Å². The lowest BCUT2D eigenvalue weighted by atomic mass is 9.72. The number of ketones is 4. The van der Waals surface area contributed by atoms with Gasteiger partial charge in [0, 0.05) is 129 Å². The normalized spacial score (nSPS) is 22.0. The number of nitrogens with one attached hydrogen (secondary N) is 3. The number of rotatable bonds is 26. The molecule has 16 atom stereocenters. The van der Waals surface area contributed by atoms with Crippen LogP contribution in [0.5, 0.6) is 0 Å². The van der Waals surface area contributed by atoms with E-state index in [1.165, 1.54) is 37.3 Å². The SMILES string of the molecule is CC(=O)N[C@@H]1[C@H](N)C[C@H](c2ccncc2CC(=O)c2ccc(F)c(-c3c(F)cccc3F)n2)C[C@@H]1C.C[C@@H]1C[C@H](c2ccncc2CC(=O)c2ccc(F)c(-c3c(F)cccc3F)n2)C[C@H](N)[C@@H]1N=[N+]=[N-].C[C@@H]1C[C@H](c2ccncc2CC(=O)c2ccc(F)c(-c3c(F)cccc3F)n2)C[C@H](N)[C@@H]1NS(C)(=O)=O.C[C@H]1C[C@@H](c2ccncc2CC(=O)c2ccc(F)c(-c3c(F)cccc3F)n2)C[C@@H](N)[C@H]1NS(C)(=O)=O. The van der Waals surface area contributed by atoms with E-state index in [2.05, 4.69) is 64.7 Å². The van der Waals surface area contributed by atoms with Crippen molar-refractivity contribution in [2.24, 2.45) is 51.7 Å². The van der Waals surface area contributed by atoms with Crippen LogP contribution >= 0.6 is 0 Å². The fourth-order valence-electron chi connectivity index (χ4n) is 20.0. The van der Waals surface area contributed by atoms with Gasteiger partial charge in [-0.05, 0) is 270 Å². The van der Waals surface area contributed by atoms with Crippen LogP contribution in [0, 0.1) is 93.5 Å². The van der Waals surface area contributed by atoms with Crippen molar-refractivity contribution in [1.29, 1.82) is 0 Å². The van der Waals surface area contributed by atoms with Crippen LogP contribution in [-0.4, -0.2) is 147 Å². The van der Waals surface area contributed by atoms with E-state index in [-0.39, 0.29) is 126 Å². The molecule has 0 unspecified atom stereocenters. The third-order valence-electron chi connectivity index (χ3n) is 26.6. The van der Waals surface area contributed by atoms with E-state index in [4.69, 9.17) is 28.5 Å². The summed E-state index contributed by atoms with van der Waals surface area (Å²) >= 11 is 0. The Hall–Kier alpha value is -13.6. The maximum atomic E-state index is 14.4. The van der Waals surface area contributed by atoms with Gasteiger partial charge in [0.05, 0.1) is 40.8 Å². The molecule has 145 heavy (non-hydrogen) atoms. The molecule has 760 valence electrons. The van der Waals surface area contributed by atoms with Crippen LogP contribution in [-0.2, 0) is 50.5 Å². The van der Waals surface area contributed by atoms with Gasteiger partial charge >= 0.3 is 0 Å². The summed E-state index contributed by atoms with van der Waals surface area (Å²) < 4.78 is 224. The highest BCUT2D eigenvalue weighted by atomic mass is 32.2. The number of pyridine rings is 8. The maximum absolute atomic E-state index is 14.4. The second-order valence-electron chi connectivity index (χ2n) is 37.2. The third-order valence-corrected chi connectivity index (χ3v) is 28.0. The van der Waals surface area contributed by atoms with E-state index in [1.807, 2.05) is 39.8 Å². The van der Waals surface area contributed by atoms with Crippen LogP contribution in [0.3, 0.4) is 0 Å². The van der Waals surface area contributed by atoms with Gasteiger partial charge in [-0.15, -0.1) is 0 Å². The van der Waals surface area contributed by atoms with Crippen LogP contribution in [0.2, 0.25) is 0 Å². The number of carbonyl (C=O) groups is 5. The van der Waals surface area contributed by atoms with Crippen molar-refractivity contribution in [2.75, 3.05) is 12.5 Å². The second kappa shape index (κ2) is 47.5. The van der Waals surface area contributed by atoms with E-state index in [0.717, 1.165) is 132 Å². The molecule has 8 aromatic heterocycles. The zero-order chi connectivity index (χ0) is 105. The van der Waals surface area contributed by atoms with Gasteiger partial charge in [-0.2, -0.15) is 0 Å². The Morgan fingerprint density at radius 1 is 0.345 bits per heavy atom. The van der Waals surface area contributed by atoms with Gasteiger partial charge in [0.1, 0.15) is 115 Å². The molecule has 0 spiro atoms. The van der Waals surface area contributed by atoms with Crippen molar-refractivity contribution < 1.29 is 93.5 Å². The minimum Gasteiger partial charge on any atom is -0.352 e. The van der Waals surface area contributed by atoms with Crippen molar-refractivity contribution in [3.63, 3.8) is 0 Å². The van der Waals surface area contributed by atoms with Crippen molar-refractivity contribution in [2.45, 2.75) is 184 Å². The van der Waals surface area contributed by atoms with Gasteiger partial charge in [0.15, 0.2) is 23.1 Å². The number of Topliss-reactive ketones (excluding diaryl/α,β-unsaturated/α-hetero) is 4. The molecule has 1 amide bonds. The molecule has 0 radical (unpaired) electrons. The molecular formula is C104H104F12N18O9S2. The largest absolute Gasteiger partial charge is 0.352 e. The molecule has 4 aliphatic carbocycles. The number of halogens is 12. The predicted molar refractivity (Wildman–Crippen MR) is 518 cm³/mol. The molecule has 0 saturated heterocycles. The minimum atomic E-state index is -3.42. The summed E-state index contributed by atoms with van der Waals surface area (Å²) in [5.74, 6) is -13.5. The first-order chi connectivity index (χ1) is 68.8. The summed E-state index contributed by atoms with van der Waals surface area (Å²) in [5, 5.41) is 6.76. The van der Waals surface area contributed by atoms with Crippen LogP contribution in [0.4, 0.5) is 52.7 Å². The molecule has 16 rings (SSSR count). The number of aromatic nitrogens is 8. The van der Waals surface area contributed by atoms with Gasteiger partial charge in [0.2, 0.25) is 26.0 Å². The summed E-state index contributed by atoms with van der Waals surface area (Å²) in [5.41, 5.74) is 35.0. The smallest absolute Gasteiger partial charge is 0.217 e. The second-order valence-corrected chi connectivity index (χ2v) is 40.7. The molecule has 41 heteroatoms. The minimum absolute atomic E-state index is 0.0280. The van der Waals surface area contributed by atoms with Gasteiger partial charge in [-0.3, -0.25) is 43.9 Å². The van der Waals surface area contributed by atoms with Crippen molar-refractivity contribution in [3.05, 3.63) is 343 Å². The Kier molecular flexibility index (Phi) is 35.6. The first kappa shape index (κ1) is 109. The molecule has 4 fully saturated rings. The van der Waals surface area contributed by atoms with Crippen LogP contribution < -0.4 is 37.7 Å². The Morgan fingerprint density at radius 3 is 0.800 bits per heavy atom. The lowest BCUT2D eigenvalue weighted by Crippen LogP contribution is -2.54. The highest BCUT2D eigenvalue weighted by Gasteiger charge is 2.42. The van der Waals surface area contributed by atoms with Crippen molar-refractivity contribution in [3.8, 4) is 45.0 Å². The van der Waals surface area contributed by atoms with Gasteiger partial charge in [0.25, 0.3) is 0 Å². The predicted octanol–water partition coefficient (Wildman–Crippen LogP) is 17.3. The Morgan fingerprint density at radius 2 is 0.579 bits per heavy atom. The molecule has 0 aliphatic heterocycles. The number of hydrogen-bond donors (Lipinski definition) is 7. The first-order valence-electron chi connectivity index (χ1n) is 46.4.